The fourth-order valence-corrected chi connectivity index (χ4v) is 3.57. The lowest BCUT2D eigenvalue weighted by Crippen LogP contribution is -2.36. The Hall–Kier alpha value is -4.19. The molecule has 1 N–H and O–H groups in total. The van der Waals surface area contributed by atoms with Gasteiger partial charge in [-0.3, -0.25) is 9.59 Å². The highest BCUT2D eigenvalue weighted by Gasteiger charge is 2.17. The summed E-state index contributed by atoms with van der Waals surface area (Å²) in [5.41, 5.74) is 2.40. The Morgan fingerprint density at radius 1 is 1.00 bits per heavy atom. The van der Waals surface area contributed by atoms with E-state index in [4.69, 9.17) is 4.74 Å². The third-order valence-electron chi connectivity index (χ3n) is 5.44. The Morgan fingerprint density at radius 2 is 1.71 bits per heavy atom. The number of nitrogens with zero attached hydrogens (tertiary/aromatic N) is 2. The van der Waals surface area contributed by atoms with Crippen molar-refractivity contribution < 1.29 is 9.53 Å². The first-order valence-corrected chi connectivity index (χ1v) is 11.2. The highest BCUT2D eigenvalue weighted by Crippen LogP contribution is 2.16. The summed E-state index contributed by atoms with van der Waals surface area (Å²) in [6.07, 6.45) is 3.31. The molecule has 6 nitrogen and oxygen atoms in total. The van der Waals surface area contributed by atoms with Gasteiger partial charge in [0, 0.05) is 12.1 Å². The maximum atomic E-state index is 12.9. The molecular weight excluding hydrogens is 426 g/mol. The van der Waals surface area contributed by atoms with Crippen molar-refractivity contribution in [1.82, 2.24) is 14.9 Å². The third kappa shape index (κ3) is 5.78. The lowest BCUT2D eigenvalue weighted by molar-refractivity contribution is -0.128. The van der Waals surface area contributed by atoms with Crippen LogP contribution in [0.3, 0.4) is 0 Å². The Balaban J connectivity index is 1.41. The quantitative estimate of drug-likeness (QED) is 0.383. The van der Waals surface area contributed by atoms with Crippen LogP contribution in [0.2, 0.25) is 0 Å². The number of carbonyl (C=O) groups excluding carboxylic acids is 1. The number of nitrogens with one attached hydrogen (secondary N) is 1. The predicted molar refractivity (Wildman–Crippen MR) is 134 cm³/mol. The molecule has 0 aliphatic rings. The minimum Gasteiger partial charge on any atom is -0.489 e. The topological polar surface area (TPSA) is 75.3 Å². The second kappa shape index (κ2) is 10.6. The van der Waals surface area contributed by atoms with Crippen molar-refractivity contribution in [2.45, 2.75) is 33.0 Å². The van der Waals surface area contributed by atoms with Gasteiger partial charge in [0.2, 0.25) is 5.91 Å². The molecule has 0 aliphatic carbocycles. The van der Waals surface area contributed by atoms with E-state index in [1.165, 1.54) is 0 Å². The normalized spacial score (nSPS) is 11.3. The lowest BCUT2D eigenvalue weighted by atomic mass is 10.2. The van der Waals surface area contributed by atoms with Crippen LogP contribution < -0.4 is 10.3 Å². The van der Waals surface area contributed by atoms with Crippen LogP contribution in [0, 0.1) is 0 Å². The van der Waals surface area contributed by atoms with Crippen molar-refractivity contribution in [3.8, 4) is 5.75 Å². The van der Waals surface area contributed by atoms with Gasteiger partial charge in [0.1, 0.15) is 18.2 Å². The number of aromatic nitrogens is 2. The molecule has 0 radical (unpaired) electrons. The number of fused-ring (bicyclic) bond motifs is 1. The van der Waals surface area contributed by atoms with Crippen molar-refractivity contribution in [1.29, 1.82) is 0 Å². The number of ether oxygens (including phenoxy) is 1. The van der Waals surface area contributed by atoms with Gasteiger partial charge in [-0.2, -0.15) is 0 Å². The molecule has 3 aromatic carbocycles. The summed E-state index contributed by atoms with van der Waals surface area (Å²) in [5, 5.41) is 0.532. The SMILES string of the molecule is CC(C)N(Cc1nc2ccccc2c(=O)[nH]1)C(=O)/C=C\c1ccc(OCc2ccccc2)cc1. The number of para-hydroxylation sites is 1. The standard InChI is InChI=1S/C28H27N3O3/c1-20(2)31(18-26-29-25-11-7-6-10-24(25)28(33)30-26)27(32)17-14-21-12-15-23(16-13-21)34-19-22-8-4-3-5-9-22/h3-17,20H,18-19H2,1-2H3,(H,29,30,33)/b17-14-. The van der Waals surface area contributed by atoms with Gasteiger partial charge in [-0.1, -0.05) is 54.6 Å². The first kappa shape index (κ1) is 23.0. The average Bonchev–Trinajstić information content (AvgIpc) is 2.86. The summed E-state index contributed by atoms with van der Waals surface area (Å²) < 4.78 is 5.81. The van der Waals surface area contributed by atoms with Crippen LogP contribution in [0.1, 0.15) is 30.8 Å². The van der Waals surface area contributed by atoms with E-state index in [-0.39, 0.29) is 24.1 Å². The minimum atomic E-state index is -0.207. The zero-order valence-corrected chi connectivity index (χ0v) is 19.3. The van der Waals surface area contributed by atoms with Crippen molar-refractivity contribution in [2.24, 2.45) is 0 Å². The molecule has 1 heterocycles. The number of hydrogen-bond donors (Lipinski definition) is 1. The zero-order valence-electron chi connectivity index (χ0n) is 19.3. The van der Waals surface area contributed by atoms with Gasteiger partial charge in [-0.25, -0.2) is 4.98 Å². The molecular formula is C28H27N3O3. The molecule has 0 saturated heterocycles. The highest BCUT2D eigenvalue weighted by molar-refractivity contribution is 5.92. The summed E-state index contributed by atoms with van der Waals surface area (Å²) in [6.45, 7) is 4.59. The first-order chi connectivity index (χ1) is 16.5. The molecule has 0 bridgehead atoms. The Bertz CT molecular complexity index is 1340. The van der Waals surface area contributed by atoms with Crippen molar-refractivity contribution >= 4 is 22.9 Å². The number of hydrogen-bond acceptors (Lipinski definition) is 4. The van der Waals surface area contributed by atoms with E-state index in [0.29, 0.717) is 23.3 Å². The smallest absolute Gasteiger partial charge is 0.258 e. The lowest BCUT2D eigenvalue weighted by Gasteiger charge is -2.25. The van der Waals surface area contributed by atoms with E-state index in [2.05, 4.69) is 9.97 Å². The number of carbonyl (C=O) groups is 1. The van der Waals surface area contributed by atoms with Crippen LogP contribution >= 0.6 is 0 Å². The first-order valence-electron chi connectivity index (χ1n) is 11.2. The maximum absolute atomic E-state index is 12.9. The number of H-pyrrole nitrogens is 1. The molecule has 4 aromatic rings. The largest absolute Gasteiger partial charge is 0.489 e. The second-order valence-electron chi connectivity index (χ2n) is 8.27. The van der Waals surface area contributed by atoms with Gasteiger partial charge in [0.25, 0.3) is 5.56 Å². The molecule has 1 aromatic heterocycles. The molecule has 0 unspecified atom stereocenters. The van der Waals surface area contributed by atoms with Crippen LogP contribution in [-0.4, -0.2) is 26.8 Å². The number of rotatable bonds is 8. The van der Waals surface area contributed by atoms with Gasteiger partial charge < -0.3 is 14.6 Å². The number of aromatic amines is 1. The molecule has 0 spiro atoms. The maximum Gasteiger partial charge on any atom is 0.258 e. The Kier molecular flexibility index (Phi) is 7.18. The summed E-state index contributed by atoms with van der Waals surface area (Å²) in [6, 6.07) is 24.7. The Labute approximate surface area is 198 Å². The summed E-state index contributed by atoms with van der Waals surface area (Å²) in [4.78, 5) is 34.3. The fraction of sp³-hybridized carbons (Fsp3) is 0.179. The fourth-order valence-electron chi connectivity index (χ4n) is 3.57. The monoisotopic (exact) mass is 453 g/mol. The number of amides is 1. The molecule has 1 amide bonds. The molecule has 172 valence electrons. The van der Waals surface area contributed by atoms with Gasteiger partial charge in [0.15, 0.2) is 0 Å². The van der Waals surface area contributed by atoms with E-state index >= 15 is 0 Å². The van der Waals surface area contributed by atoms with E-state index in [0.717, 1.165) is 16.9 Å². The second-order valence-corrected chi connectivity index (χ2v) is 8.27. The third-order valence-corrected chi connectivity index (χ3v) is 5.44. The van der Waals surface area contributed by atoms with Crippen molar-refractivity contribution in [3.05, 3.63) is 112 Å². The van der Waals surface area contributed by atoms with E-state index in [1.54, 1.807) is 35.3 Å². The van der Waals surface area contributed by atoms with Gasteiger partial charge >= 0.3 is 0 Å². The summed E-state index contributed by atoms with van der Waals surface area (Å²) in [5.74, 6) is 1.07. The highest BCUT2D eigenvalue weighted by atomic mass is 16.5. The van der Waals surface area contributed by atoms with Crippen LogP contribution in [0.25, 0.3) is 17.0 Å². The van der Waals surface area contributed by atoms with E-state index in [1.807, 2.05) is 74.5 Å². The van der Waals surface area contributed by atoms with Crippen LogP contribution in [-0.2, 0) is 17.9 Å². The van der Waals surface area contributed by atoms with Gasteiger partial charge in [-0.15, -0.1) is 0 Å². The number of benzene rings is 3. The summed E-state index contributed by atoms with van der Waals surface area (Å²) in [7, 11) is 0. The van der Waals surface area contributed by atoms with Gasteiger partial charge in [0.05, 0.1) is 17.4 Å². The van der Waals surface area contributed by atoms with Crippen molar-refractivity contribution in [3.63, 3.8) is 0 Å². The predicted octanol–water partition coefficient (Wildman–Crippen LogP) is 4.95. The van der Waals surface area contributed by atoms with Crippen molar-refractivity contribution in [2.75, 3.05) is 0 Å². The van der Waals surface area contributed by atoms with Crippen LogP contribution in [0.15, 0.2) is 89.7 Å². The summed E-state index contributed by atoms with van der Waals surface area (Å²) >= 11 is 0. The van der Waals surface area contributed by atoms with Crippen LogP contribution in [0.5, 0.6) is 5.75 Å². The average molecular weight is 454 g/mol. The van der Waals surface area contributed by atoms with E-state index < -0.39 is 0 Å². The molecule has 0 atom stereocenters. The van der Waals surface area contributed by atoms with Gasteiger partial charge in [-0.05, 0) is 55.3 Å². The minimum absolute atomic E-state index is 0.0670. The Morgan fingerprint density at radius 3 is 2.44 bits per heavy atom. The van der Waals surface area contributed by atoms with Crippen LogP contribution in [0.4, 0.5) is 0 Å². The molecule has 0 saturated carbocycles. The molecule has 34 heavy (non-hydrogen) atoms. The molecule has 0 aliphatic heterocycles. The van der Waals surface area contributed by atoms with E-state index in [9.17, 15) is 9.59 Å². The zero-order chi connectivity index (χ0) is 23.9. The molecule has 4 rings (SSSR count). The molecule has 0 fully saturated rings. The molecule has 6 heteroatoms.